The molecule has 0 aliphatic carbocycles. The molecule has 0 fully saturated rings. The number of aromatic amines is 1. The zero-order valence-corrected chi connectivity index (χ0v) is 7.97. The Morgan fingerprint density at radius 3 is 2.86 bits per heavy atom. The van der Waals surface area contributed by atoms with Crippen LogP contribution in [0.3, 0.4) is 0 Å². The second kappa shape index (κ2) is 3.09. The molecule has 0 saturated carbocycles. The molecule has 0 unspecified atom stereocenters. The van der Waals surface area contributed by atoms with Crippen molar-refractivity contribution in [3.05, 3.63) is 6.33 Å². The van der Waals surface area contributed by atoms with Crippen molar-refractivity contribution < 1.29 is 0 Å². The lowest BCUT2D eigenvalue weighted by Crippen LogP contribution is -2.02. The molecule has 2 rings (SSSR count). The molecule has 0 aliphatic heterocycles. The first kappa shape index (κ1) is 8.67. The van der Waals surface area contributed by atoms with Crippen molar-refractivity contribution >= 4 is 5.95 Å². The molecule has 0 amide bonds. The number of hydrogen-bond acceptors (Lipinski definition) is 5. The largest absolute Gasteiger partial charge is 0.366 e. The minimum Gasteiger partial charge on any atom is -0.366 e. The predicted octanol–water partition coefficient (Wildman–Crippen LogP) is 0.226. The van der Waals surface area contributed by atoms with Crippen molar-refractivity contribution in [2.45, 2.75) is 19.9 Å². The van der Waals surface area contributed by atoms with Crippen LogP contribution in [0, 0.1) is 0 Å². The first-order valence-corrected chi connectivity index (χ1v) is 4.26. The van der Waals surface area contributed by atoms with Crippen LogP contribution in [0.1, 0.15) is 19.9 Å². The Morgan fingerprint density at radius 2 is 2.29 bits per heavy atom. The van der Waals surface area contributed by atoms with Gasteiger partial charge in [-0.05, 0) is 13.8 Å². The van der Waals surface area contributed by atoms with Gasteiger partial charge in [0, 0.05) is 6.04 Å². The first-order chi connectivity index (χ1) is 6.68. The minimum absolute atomic E-state index is 0.207. The summed E-state index contributed by atoms with van der Waals surface area (Å²) >= 11 is 0. The standard InChI is InChI=1S/C7H11N7/c1-4(2)14-3-9-12-6(14)5-10-7(8)13-11-5/h3-4H,1-2H3,(H3,8,10,11,13). The normalized spacial score (nSPS) is 11.1. The smallest absolute Gasteiger partial charge is 0.239 e. The van der Waals surface area contributed by atoms with Gasteiger partial charge in [-0.25, -0.2) is 0 Å². The SMILES string of the molecule is CC(C)n1cnnc1-c1nc(N)n[nH]1. The number of aromatic nitrogens is 6. The van der Waals surface area contributed by atoms with Crippen molar-refractivity contribution in [2.24, 2.45) is 0 Å². The zero-order chi connectivity index (χ0) is 10.1. The molecule has 74 valence electrons. The summed E-state index contributed by atoms with van der Waals surface area (Å²) in [4.78, 5) is 3.98. The van der Waals surface area contributed by atoms with Crippen LogP contribution in [0.15, 0.2) is 6.33 Å². The molecule has 2 aromatic heterocycles. The summed E-state index contributed by atoms with van der Waals surface area (Å²) < 4.78 is 1.89. The van der Waals surface area contributed by atoms with Crippen LogP contribution in [-0.2, 0) is 0 Å². The van der Waals surface area contributed by atoms with Crippen molar-refractivity contribution in [1.29, 1.82) is 0 Å². The fourth-order valence-corrected chi connectivity index (χ4v) is 1.16. The highest BCUT2D eigenvalue weighted by atomic mass is 15.3. The Morgan fingerprint density at radius 1 is 1.50 bits per heavy atom. The fraction of sp³-hybridized carbons (Fsp3) is 0.429. The van der Waals surface area contributed by atoms with E-state index in [0.29, 0.717) is 11.6 Å². The number of hydrogen-bond donors (Lipinski definition) is 2. The highest BCUT2D eigenvalue weighted by molar-refractivity contribution is 5.44. The van der Waals surface area contributed by atoms with Crippen molar-refractivity contribution in [1.82, 2.24) is 29.9 Å². The van der Waals surface area contributed by atoms with Gasteiger partial charge in [0.05, 0.1) is 0 Å². The van der Waals surface area contributed by atoms with E-state index in [2.05, 4.69) is 25.4 Å². The van der Waals surface area contributed by atoms with Gasteiger partial charge in [0.25, 0.3) is 0 Å². The van der Waals surface area contributed by atoms with Crippen molar-refractivity contribution in [3.63, 3.8) is 0 Å². The summed E-state index contributed by atoms with van der Waals surface area (Å²) in [5, 5.41) is 14.2. The average Bonchev–Trinajstić information content (AvgIpc) is 2.70. The summed E-state index contributed by atoms with van der Waals surface area (Å²) in [6.07, 6.45) is 1.65. The quantitative estimate of drug-likeness (QED) is 0.711. The molecule has 0 bridgehead atoms. The fourth-order valence-electron chi connectivity index (χ4n) is 1.16. The summed E-state index contributed by atoms with van der Waals surface area (Å²) in [5.74, 6) is 1.39. The number of rotatable bonds is 2. The third kappa shape index (κ3) is 1.32. The van der Waals surface area contributed by atoms with Crippen LogP contribution in [-0.4, -0.2) is 29.9 Å². The van der Waals surface area contributed by atoms with Gasteiger partial charge < -0.3 is 10.3 Å². The average molecular weight is 193 g/mol. The van der Waals surface area contributed by atoms with Crippen LogP contribution in [0.5, 0.6) is 0 Å². The van der Waals surface area contributed by atoms with Gasteiger partial charge in [0.1, 0.15) is 6.33 Å². The highest BCUT2D eigenvalue weighted by Gasteiger charge is 2.12. The van der Waals surface area contributed by atoms with E-state index in [4.69, 9.17) is 5.73 Å². The Labute approximate surface area is 80.4 Å². The second-order valence-corrected chi connectivity index (χ2v) is 3.20. The summed E-state index contributed by atoms with van der Waals surface area (Å²) in [6.45, 7) is 4.07. The molecule has 0 aliphatic rings. The molecule has 14 heavy (non-hydrogen) atoms. The summed E-state index contributed by atoms with van der Waals surface area (Å²) in [7, 11) is 0. The maximum absolute atomic E-state index is 5.40. The third-order valence-corrected chi connectivity index (χ3v) is 1.84. The van der Waals surface area contributed by atoms with E-state index in [9.17, 15) is 0 Å². The Bertz CT molecular complexity index is 427. The molecular formula is C7H11N7. The van der Waals surface area contributed by atoms with Crippen LogP contribution < -0.4 is 5.73 Å². The lowest BCUT2D eigenvalue weighted by Gasteiger charge is -2.07. The maximum Gasteiger partial charge on any atom is 0.239 e. The molecule has 0 atom stereocenters. The number of H-pyrrole nitrogens is 1. The van der Waals surface area contributed by atoms with Gasteiger partial charge >= 0.3 is 0 Å². The number of nitrogen functional groups attached to an aromatic ring is 1. The number of nitrogens with one attached hydrogen (secondary N) is 1. The molecule has 2 heterocycles. The number of nitrogens with zero attached hydrogens (tertiary/aromatic N) is 5. The van der Waals surface area contributed by atoms with Gasteiger partial charge in [0.15, 0.2) is 5.82 Å². The van der Waals surface area contributed by atoms with Gasteiger partial charge in [-0.1, -0.05) is 0 Å². The first-order valence-electron chi connectivity index (χ1n) is 4.26. The Hall–Kier alpha value is -1.92. The van der Waals surface area contributed by atoms with Gasteiger partial charge in [-0.2, -0.15) is 4.98 Å². The van der Waals surface area contributed by atoms with Gasteiger partial charge in [0.2, 0.25) is 11.8 Å². The topological polar surface area (TPSA) is 98.3 Å². The van der Waals surface area contributed by atoms with E-state index in [-0.39, 0.29) is 12.0 Å². The lowest BCUT2D eigenvalue weighted by molar-refractivity contribution is 0.602. The van der Waals surface area contributed by atoms with E-state index in [1.165, 1.54) is 0 Å². The number of nitrogens with two attached hydrogens (primary N) is 1. The predicted molar refractivity (Wildman–Crippen MR) is 50.2 cm³/mol. The molecule has 0 aromatic carbocycles. The maximum atomic E-state index is 5.40. The molecule has 2 aromatic rings. The molecule has 0 radical (unpaired) electrons. The lowest BCUT2D eigenvalue weighted by atomic mass is 10.4. The molecule has 3 N–H and O–H groups in total. The van der Waals surface area contributed by atoms with Crippen LogP contribution in [0.2, 0.25) is 0 Å². The number of anilines is 1. The molecule has 0 saturated heterocycles. The van der Waals surface area contributed by atoms with E-state index in [0.717, 1.165) is 0 Å². The van der Waals surface area contributed by atoms with Crippen LogP contribution in [0.4, 0.5) is 5.95 Å². The van der Waals surface area contributed by atoms with Gasteiger partial charge in [-0.3, -0.25) is 5.10 Å². The zero-order valence-electron chi connectivity index (χ0n) is 7.97. The Kier molecular flexibility index (Phi) is 1.91. The highest BCUT2D eigenvalue weighted by Crippen LogP contribution is 2.15. The molecule has 7 nitrogen and oxygen atoms in total. The summed E-state index contributed by atoms with van der Waals surface area (Å²) in [5.41, 5.74) is 5.40. The minimum atomic E-state index is 0.207. The molecule has 0 spiro atoms. The van der Waals surface area contributed by atoms with E-state index >= 15 is 0 Å². The van der Waals surface area contributed by atoms with E-state index in [1.54, 1.807) is 6.33 Å². The third-order valence-electron chi connectivity index (χ3n) is 1.84. The van der Waals surface area contributed by atoms with Crippen molar-refractivity contribution in [2.75, 3.05) is 5.73 Å². The van der Waals surface area contributed by atoms with Crippen molar-refractivity contribution in [3.8, 4) is 11.6 Å². The van der Waals surface area contributed by atoms with E-state index in [1.807, 2.05) is 18.4 Å². The monoisotopic (exact) mass is 193 g/mol. The second-order valence-electron chi connectivity index (χ2n) is 3.20. The van der Waals surface area contributed by atoms with Crippen LogP contribution in [0.25, 0.3) is 11.6 Å². The Balaban J connectivity index is 2.46. The van der Waals surface area contributed by atoms with Crippen LogP contribution >= 0.6 is 0 Å². The molecular weight excluding hydrogens is 182 g/mol. The molecule has 7 heteroatoms. The van der Waals surface area contributed by atoms with E-state index < -0.39 is 0 Å². The summed E-state index contributed by atoms with van der Waals surface area (Å²) in [6, 6.07) is 0.270. The van der Waals surface area contributed by atoms with Gasteiger partial charge in [-0.15, -0.1) is 15.3 Å².